The Labute approximate surface area is 31.6 Å². The van der Waals surface area contributed by atoms with E-state index in [0.717, 1.165) is 0 Å². The van der Waals surface area contributed by atoms with Crippen molar-refractivity contribution in [2.45, 2.75) is 5.82 Å². The molecule has 0 atom stereocenters. The first-order valence-electron chi connectivity index (χ1n) is 0.871. The predicted molar refractivity (Wildman–Crippen MR) is 14.9 cm³/mol. The van der Waals surface area contributed by atoms with Gasteiger partial charge in [0.2, 0.25) is 0 Å². The zero-order chi connectivity index (χ0) is 4.50. The first-order chi connectivity index (χ1) is 2.00. The molecule has 0 aromatic heterocycles. The molecule has 0 saturated carbocycles. The monoisotopic (exact) mass is 152 g/mol. The van der Waals surface area contributed by atoms with Gasteiger partial charge in [0.15, 0.2) is 0 Å². The third kappa shape index (κ3) is 240. The fourth-order valence-corrected chi connectivity index (χ4v) is 0. The summed E-state index contributed by atoms with van der Waals surface area (Å²) in [7, 11) is 0. The molecule has 0 spiro atoms. The summed E-state index contributed by atoms with van der Waals surface area (Å²) in [6.45, 7) is 0. The summed E-state index contributed by atoms with van der Waals surface area (Å²) < 4.78 is 31.5. The van der Waals surface area contributed by atoms with Crippen LogP contribution in [0.2, 0.25) is 5.82 Å². The molecule has 0 N–H and O–H groups in total. The molecule has 0 radical (unpaired) electrons. The van der Waals surface area contributed by atoms with Crippen LogP contribution >= 0.6 is 0 Å². The minimum absolute atomic E-state index is 0.344. The van der Waals surface area contributed by atoms with Crippen LogP contribution in [0, 0.1) is 0 Å². The third-order valence-electron chi connectivity index (χ3n) is 0. The molecule has 0 rings (SSSR count). The molecule has 0 heterocycles. The molecule has 0 aliphatic rings. The number of rotatable bonds is 0. The van der Waals surface area contributed by atoms with Crippen molar-refractivity contribution in [1.82, 2.24) is 0 Å². The Morgan fingerprint density at radius 1 is 1.20 bits per heavy atom. The summed E-state index contributed by atoms with van der Waals surface area (Å²) in [5, 5.41) is 0. The topological polar surface area (TPSA) is 0 Å². The third-order valence-corrected chi connectivity index (χ3v) is 0. The van der Waals surface area contributed by atoms with Crippen molar-refractivity contribution in [1.29, 1.82) is 0 Å². The van der Waals surface area contributed by atoms with Gasteiger partial charge < -0.3 is 0 Å². The predicted octanol–water partition coefficient (Wildman–Crippen LogP) is 1.46. The molecular formula is CH3F3Se. The van der Waals surface area contributed by atoms with Gasteiger partial charge in [-0.05, 0) is 0 Å². The van der Waals surface area contributed by atoms with Gasteiger partial charge in [-0.15, -0.1) is 0 Å². The Hall–Kier alpha value is 0.309. The van der Waals surface area contributed by atoms with E-state index >= 15 is 0 Å². The fraction of sp³-hybridized carbons (Fsp3) is 1.00. The van der Waals surface area contributed by atoms with Crippen molar-refractivity contribution in [2.75, 3.05) is 0 Å². The van der Waals surface area contributed by atoms with Gasteiger partial charge in [0.25, 0.3) is 0 Å². The molecule has 0 aromatic carbocycles. The molecule has 5 heavy (non-hydrogen) atoms. The quantitative estimate of drug-likeness (QED) is 0.459. The minimum atomic E-state index is -5.25. The van der Waals surface area contributed by atoms with Crippen molar-refractivity contribution >= 4 is 14.2 Å². The van der Waals surface area contributed by atoms with Gasteiger partial charge in [-0.1, -0.05) is 0 Å². The first kappa shape index (κ1) is 5.31. The van der Waals surface area contributed by atoms with Gasteiger partial charge in [-0.2, -0.15) is 0 Å². The van der Waals surface area contributed by atoms with E-state index in [2.05, 4.69) is 0 Å². The summed E-state index contributed by atoms with van der Waals surface area (Å²) in [6.07, 6.45) is 0. The van der Waals surface area contributed by atoms with Gasteiger partial charge >= 0.3 is 30.7 Å². The number of hydrogen-bond acceptors (Lipinski definition) is 0. The first-order valence-corrected chi connectivity index (χ1v) is 4.53. The average Bonchev–Trinajstić information content (AvgIpc) is 0.722. The summed E-state index contributed by atoms with van der Waals surface area (Å²) in [6, 6.07) is 0. The van der Waals surface area contributed by atoms with Gasteiger partial charge in [-0.25, -0.2) is 0 Å². The molecule has 0 aliphatic carbocycles. The molecule has 0 fully saturated rings. The number of halogens is 3. The molecule has 0 aromatic rings. The second-order valence-corrected chi connectivity index (χ2v) is 3.31. The van der Waals surface area contributed by atoms with E-state index in [1.54, 1.807) is 0 Å². The molecule has 4 heteroatoms. The zero-order valence-corrected chi connectivity index (χ0v) is 4.26. The van der Waals surface area contributed by atoms with Crippen molar-refractivity contribution in [2.24, 2.45) is 0 Å². The summed E-state index contributed by atoms with van der Waals surface area (Å²) in [5.41, 5.74) is 0. The van der Waals surface area contributed by atoms with Crippen LogP contribution in [0.3, 0.4) is 0 Å². The van der Waals surface area contributed by atoms with Crippen LogP contribution in [-0.4, -0.2) is 14.2 Å². The van der Waals surface area contributed by atoms with Gasteiger partial charge in [0.1, 0.15) is 0 Å². The molecule has 34 valence electrons. The molecular weight excluding hydrogens is 148 g/mol. The van der Waals surface area contributed by atoms with Crippen molar-refractivity contribution < 1.29 is 10.7 Å². The van der Waals surface area contributed by atoms with Crippen molar-refractivity contribution in [3.05, 3.63) is 0 Å². The fourth-order valence-electron chi connectivity index (χ4n) is 0. The van der Waals surface area contributed by atoms with Crippen LogP contribution < -0.4 is 0 Å². The van der Waals surface area contributed by atoms with Crippen LogP contribution in [0.5, 0.6) is 0 Å². The standard InChI is InChI=1S/CH3F3Se/c1-5(2,3)4/h1H3. The molecule has 0 amide bonds. The second kappa shape index (κ2) is 1.19. The summed E-state index contributed by atoms with van der Waals surface area (Å²) in [4.78, 5) is 0. The Morgan fingerprint density at radius 3 is 1.20 bits per heavy atom. The van der Waals surface area contributed by atoms with Crippen molar-refractivity contribution in [3.63, 3.8) is 0 Å². The molecule has 0 unspecified atom stereocenters. The van der Waals surface area contributed by atoms with Crippen molar-refractivity contribution in [3.8, 4) is 0 Å². The van der Waals surface area contributed by atoms with E-state index in [1.807, 2.05) is 0 Å². The van der Waals surface area contributed by atoms with E-state index in [1.165, 1.54) is 0 Å². The molecule has 0 bridgehead atoms. The summed E-state index contributed by atoms with van der Waals surface area (Å²) in [5.74, 6) is 0.344. The molecule has 0 nitrogen and oxygen atoms in total. The average molecular weight is 151 g/mol. The Morgan fingerprint density at radius 2 is 1.20 bits per heavy atom. The zero-order valence-electron chi connectivity index (χ0n) is 2.54. The van der Waals surface area contributed by atoms with Crippen LogP contribution in [-0.2, 0) is 0 Å². The number of hydrogen-bond donors (Lipinski definition) is 0. The molecule has 0 saturated heterocycles. The van der Waals surface area contributed by atoms with E-state index in [9.17, 15) is 10.7 Å². The van der Waals surface area contributed by atoms with Crippen LogP contribution in [0.4, 0.5) is 10.7 Å². The van der Waals surface area contributed by atoms with E-state index in [4.69, 9.17) is 0 Å². The Bertz CT molecular complexity index is 22.4. The Balaban J connectivity index is 3.02. The second-order valence-electron chi connectivity index (χ2n) is 0.638. The van der Waals surface area contributed by atoms with E-state index in [0.29, 0.717) is 5.82 Å². The Kier molecular flexibility index (Phi) is 1.26. The maximum atomic E-state index is 10.5. The van der Waals surface area contributed by atoms with Gasteiger partial charge in [0, 0.05) is 0 Å². The van der Waals surface area contributed by atoms with Gasteiger partial charge in [-0.3, -0.25) is 0 Å². The van der Waals surface area contributed by atoms with Crippen LogP contribution in [0.15, 0.2) is 0 Å². The summed E-state index contributed by atoms with van der Waals surface area (Å²) >= 11 is -5.25. The van der Waals surface area contributed by atoms with E-state index in [-0.39, 0.29) is 0 Å². The maximum absolute atomic E-state index is 10.5. The van der Waals surface area contributed by atoms with Crippen LogP contribution in [0.25, 0.3) is 0 Å². The normalized spacial score (nSPS) is 15.2. The van der Waals surface area contributed by atoms with Crippen LogP contribution in [0.1, 0.15) is 0 Å². The SMILES string of the molecule is C[Se](F)(F)F. The van der Waals surface area contributed by atoms with E-state index < -0.39 is 14.2 Å². The molecule has 0 aliphatic heterocycles. The van der Waals surface area contributed by atoms with Gasteiger partial charge in [0.05, 0.1) is 0 Å².